The predicted octanol–water partition coefficient (Wildman–Crippen LogP) is 5.49. The molecule has 0 unspecified atom stereocenters. The van der Waals surface area contributed by atoms with E-state index in [0.717, 1.165) is 13.0 Å². The van der Waals surface area contributed by atoms with Gasteiger partial charge in [0, 0.05) is 19.5 Å². The fraction of sp³-hybridized carbons (Fsp3) is 0.857. The largest absolute Gasteiger partial charge is 0.356 e. The fourth-order valence-corrected chi connectivity index (χ4v) is 2.82. The zero-order chi connectivity index (χ0) is 17.7. The second kappa shape index (κ2) is 20.2. The van der Waals surface area contributed by atoms with Gasteiger partial charge in [0.1, 0.15) is 0 Å². The van der Waals surface area contributed by atoms with Gasteiger partial charge in [-0.2, -0.15) is 0 Å². The summed E-state index contributed by atoms with van der Waals surface area (Å²) in [5.41, 5.74) is 5.33. The highest BCUT2D eigenvalue weighted by Crippen LogP contribution is 2.09. The molecule has 0 saturated carbocycles. The SMILES string of the molecule is CCCCCCCCC=CCCCCCCCCNC(=O)CCN. The molecular weight excluding hydrogens is 296 g/mol. The van der Waals surface area contributed by atoms with E-state index in [4.69, 9.17) is 5.73 Å². The van der Waals surface area contributed by atoms with Gasteiger partial charge in [-0.3, -0.25) is 4.79 Å². The number of rotatable bonds is 18. The zero-order valence-electron chi connectivity index (χ0n) is 16.2. The molecule has 0 rings (SSSR count). The number of amides is 1. The number of allylic oxidation sites excluding steroid dienone is 2. The molecular formula is C21H42N2O. The lowest BCUT2D eigenvalue weighted by atomic mass is 10.1. The summed E-state index contributed by atoms with van der Waals surface area (Å²) in [5.74, 6) is 0.0882. The van der Waals surface area contributed by atoms with Crippen LogP contribution in [0.4, 0.5) is 0 Å². The van der Waals surface area contributed by atoms with Crippen molar-refractivity contribution in [3.63, 3.8) is 0 Å². The Hall–Kier alpha value is -0.830. The number of hydrogen-bond donors (Lipinski definition) is 2. The van der Waals surface area contributed by atoms with Crippen molar-refractivity contribution in [2.75, 3.05) is 13.1 Å². The summed E-state index contributed by atoms with van der Waals surface area (Å²) >= 11 is 0. The van der Waals surface area contributed by atoms with Crippen molar-refractivity contribution in [2.24, 2.45) is 5.73 Å². The van der Waals surface area contributed by atoms with Gasteiger partial charge in [-0.25, -0.2) is 0 Å². The van der Waals surface area contributed by atoms with Crippen molar-refractivity contribution in [2.45, 2.75) is 103 Å². The topological polar surface area (TPSA) is 55.1 Å². The third kappa shape index (κ3) is 19.2. The quantitative estimate of drug-likeness (QED) is 0.256. The van der Waals surface area contributed by atoms with Gasteiger partial charge >= 0.3 is 0 Å². The molecule has 0 spiro atoms. The second-order valence-corrected chi connectivity index (χ2v) is 6.83. The molecule has 0 atom stereocenters. The minimum atomic E-state index is 0.0882. The van der Waals surface area contributed by atoms with Crippen LogP contribution in [0.5, 0.6) is 0 Å². The Labute approximate surface area is 150 Å². The Morgan fingerprint density at radius 1 is 0.792 bits per heavy atom. The molecule has 0 heterocycles. The molecule has 0 saturated heterocycles. The number of unbranched alkanes of at least 4 members (excludes halogenated alkanes) is 12. The normalized spacial score (nSPS) is 11.2. The summed E-state index contributed by atoms with van der Waals surface area (Å²) in [5, 5.41) is 2.91. The monoisotopic (exact) mass is 338 g/mol. The Balaban J connectivity index is 3.11. The lowest BCUT2D eigenvalue weighted by Gasteiger charge is -2.04. The van der Waals surface area contributed by atoms with E-state index >= 15 is 0 Å². The third-order valence-corrected chi connectivity index (χ3v) is 4.38. The summed E-state index contributed by atoms with van der Waals surface area (Å²) < 4.78 is 0. The van der Waals surface area contributed by atoms with E-state index in [9.17, 15) is 4.79 Å². The lowest BCUT2D eigenvalue weighted by molar-refractivity contribution is -0.120. The van der Waals surface area contributed by atoms with Gasteiger partial charge in [-0.15, -0.1) is 0 Å². The molecule has 0 aliphatic heterocycles. The molecule has 24 heavy (non-hydrogen) atoms. The van der Waals surface area contributed by atoms with Crippen LogP contribution in [0.3, 0.4) is 0 Å². The van der Waals surface area contributed by atoms with Gasteiger partial charge in [0.05, 0.1) is 0 Å². The maximum Gasteiger partial charge on any atom is 0.221 e. The molecule has 0 aromatic heterocycles. The van der Waals surface area contributed by atoms with Crippen LogP contribution in [0, 0.1) is 0 Å². The van der Waals surface area contributed by atoms with E-state index in [1.54, 1.807) is 0 Å². The smallest absolute Gasteiger partial charge is 0.221 e. The first-order valence-corrected chi connectivity index (χ1v) is 10.4. The summed E-state index contributed by atoms with van der Waals surface area (Å²) in [6.07, 6.45) is 23.6. The molecule has 3 nitrogen and oxygen atoms in total. The predicted molar refractivity (Wildman–Crippen MR) is 106 cm³/mol. The van der Waals surface area contributed by atoms with Crippen molar-refractivity contribution in [3.8, 4) is 0 Å². The van der Waals surface area contributed by atoms with Crippen LogP contribution in [-0.4, -0.2) is 19.0 Å². The van der Waals surface area contributed by atoms with Gasteiger partial charge in [0.25, 0.3) is 0 Å². The first-order chi connectivity index (χ1) is 11.8. The minimum absolute atomic E-state index is 0.0882. The maximum atomic E-state index is 11.2. The van der Waals surface area contributed by atoms with E-state index < -0.39 is 0 Å². The highest BCUT2D eigenvalue weighted by molar-refractivity contribution is 5.75. The molecule has 1 amide bonds. The average molecular weight is 339 g/mol. The molecule has 0 bridgehead atoms. The van der Waals surface area contributed by atoms with Crippen LogP contribution >= 0.6 is 0 Å². The first-order valence-electron chi connectivity index (χ1n) is 10.4. The summed E-state index contributed by atoms with van der Waals surface area (Å²) in [7, 11) is 0. The van der Waals surface area contributed by atoms with E-state index in [1.165, 1.54) is 83.5 Å². The van der Waals surface area contributed by atoms with E-state index in [-0.39, 0.29) is 5.91 Å². The summed E-state index contributed by atoms with van der Waals surface area (Å²) in [6, 6.07) is 0. The van der Waals surface area contributed by atoms with Gasteiger partial charge in [-0.05, 0) is 32.1 Å². The zero-order valence-corrected chi connectivity index (χ0v) is 16.2. The highest BCUT2D eigenvalue weighted by atomic mass is 16.1. The van der Waals surface area contributed by atoms with Gasteiger partial charge in [0.15, 0.2) is 0 Å². The lowest BCUT2D eigenvalue weighted by Crippen LogP contribution is -2.26. The Bertz CT molecular complexity index is 290. The number of carbonyl (C=O) groups excluding carboxylic acids is 1. The Morgan fingerprint density at radius 3 is 1.83 bits per heavy atom. The van der Waals surface area contributed by atoms with Crippen LogP contribution in [-0.2, 0) is 4.79 Å². The van der Waals surface area contributed by atoms with Crippen molar-refractivity contribution in [3.05, 3.63) is 12.2 Å². The van der Waals surface area contributed by atoms with Crippen LogP contribution in [0.25, 0.3) is 0 Å². The second-order valence-electron chi connectivity index (χ2n) is 6.83. The van der Waals surface area contributed by atoms with Crippen molar-refractivity contribution in [1.82, 2.24) is 5.32 Å². The fourth-order valence-electron chi connectivity index (χ4n) is 2.82. The maximum absolute atomic E-state index is 11.2. The third-order valence-electron chi connectivity index (χ3n) is 4.38. The van der Waals surface area contributed by atoms with Crippen LogP contribution in [0.1, 0.15) is 103 Å². The number of carbonyl (C=O) groups is 1. The van der Waals surface area contributed by atoms with Crippen molar-refractivity contribution >= 4 is 5.91 Å². The van der Waals surface area contributed by atoms with Crippen LogP contribution in [0.2, 0.25) is 0 Å². The van der Waals surface area contributed by atoms with Crippen LogP contribution < -0.4 is 11.1 Å². The molecule has 142 valence electrons. The molecule has 3 N–H and O–H groups in total. The average Bonchev–Trinajstić information content (AvgIpc) is 2.58. The molecule has 0 fully saturated rings. The van der Waals surface area contributed by atoms with E-state index in [0.29, 0.717) is 13.0 Å². The van der Waals surface area contributed by atoms with Crippen molar-refractivity contribution < 1.29 is 4.79 Å². The number of hydrogen-bond acceptors (Lipinski definition) is 2. The van der Waals surface area contributed by atoms with Gasteiger partial charge in [-0.1, -0.05) is 76.9 Å². The Morgan fingerprint density at radius 2 is 1.29 bits per heavy atom. The van der Waals surface area contributed by atoms with Crippen LogP contribution in [0.15, 0.2) is 12.2 Å². The van der Waals surface area contributed by atoms with Gasteiger partial charge in [0.2, 0.25) is 5.91 Å². The molecule has 3 heteroatoms. The molecule has 0 aliphatic carbocycles. The molecule has 0 aliphatic rings. The summed E-state index contributed by atoms with van der Waals surface area (Å²) in [4.78, 5) is 11.2. The summed E-state index contributed by atoms with van der Waals surface area (Å²) in [6.45, 7) is 3.52. The van der Waals surface area contributed by atoms with Crippen molar-refractivity contribution in [1.29, 1.82) is 0 Å². The standard InChI is InChI=1S/C21H42N2O/c1-2-3-4-5-6-7-8-9-10-11-12-13-14-15-16-17-20-23-21(24)18-19-22/h9-10H,2-8,11-20,22H2,1H3,(H,23,24). The minimum Gasteiger partial charge on any atom is -0.356 e. The number of nitrogens with one attached hydrogen (secondary N) is 1. The van der Waals surface area contributed by atoms with E-state index in [2.05, 4.69) is 24.4 Å². The number of nitrogens with two attached hydrogens (primary N) is 1. The molecule has 0 aromatic carbocycles. The highest BCUT2D eigenvalue weighted by Gasteiger charge is 1.97. The molecule has 0 radical (unpaired) electrons. The van der Waals surface area contributed by atoms with E-state index in [1.807, 2.05) is 0 Å². The molecule has 0 aromatic rings. The first kappa shape index (κ1) is 23.2. The Kier molecular flexibility index (Phi) is 19.5. The van der Waals surface area contributed by atoms with Gasteiger partial charge < -0.3 is 11.1 Å².